The fraction of sp³-hybridized carbons (Fsp3) is 0.600. The van der Waals surface area contributed by atoms with Crippen molar-refractivity contribution in [3.63, 3.8) is 0 Å². The molecule has 0 aromatic heterocycles. The quantitative estimate of drug-likeness (QED) is 0.660. The first kappa shape index (κ1) is 21.8. The van der Waals surface area contributed by atoms with Crippen molar-refractivity contribution in [2.45, 2.75) is 38.1 Å². The molecule has 0 radical (unpaired) electrons. The smallest absolute Gasteiger partial charge is 0.242 e. The van der Waals surface area contributed by atoms with Gasteiger partial charge in [-0.25, -0.2) is 25.5 Å². The van der Waals surface area contributed by atoms with Gasteiger partial charge in [0.25, 0.3) is 0 Å². The van der Waals surface area contributed by atoms with E-state index in [0.29, 0.717) is 6.42 Å². The third kappa shape index (κ3) is 5.91. The van der Waals surface area contributed by atoms with Gasteiger partial charge < -0.3 is 5.73 Å². The van der Waals surface area contributed by atoms with Crippen LogP contribution < -0.4 is 10.5 Å². The highest BCUT2D eigenvalue weighted by molar-refractivity contribution is 7.92. The van der Waals surface area contributed by atoms with E-state index in [9.17, 15) is 21.2 Å². The lowest BCUT2D eigenvalue weighted by Crippen LogP contribution is -2.34. The number of sulfonamides is 2. The van der Waals surface area contributed by atoms with Gasteiger partial charge in [-0.1, -0.05) is 13.8 Å². The number of benzene rings is 1. The van der Waals surface area contributed by atoms with Crippen LogP contribution in [0.15, 0.2) is 23.1 Å². The third-order valence-electron chi connectivity index (χ3n) is 3.93. The molecule has 1 atom stereocenters. The molecule has 0 aliphatic rings. The number of hydrogen-bond donors (Lipinski definition) is 2. The molecular formula is C15H26FN3O4S2. The van der Waals surface area contributed by atoms with Gasteiger partial charge in [0, 0.05) is 19.6 Å². The van der Waals surface area contributed by atoms with Crippen LogP contribution in [0.4, 0.5) is 10.1 Å². The molecule has 0 amide bonds. The molecule has 0 spiro atoms. The number of nitrogens with one attached hydrogen (secondary N) is 1. The molecule has 0 saturated heterocycles. The second-order valence-electron chi connectivity index (χ2n) is 6.17. The van der Waals surface area contributed by atoms with E-state index in [0.717, 1.165) is 16.4 Å². The Bertz CT molecular complexity index is 795. The van der Waals surface area contributed by atoms with Gasteiger partial charge >= 0.3 is 0 Å². The SMILES string of the molecule is CCS(=O)(=O)Nc1ccc(S(=O)(=O)N(C)CCC(N)C(C)C)cc1F. The molecule has 0 heterocycles. The van der Waals surface area contributed by atoms with Crippen molar-refractivity contribution < 1.29 is 21.2 Å². The Hall–Kier alpha value is -1.23. The molecule has 3 N–H and O–H groups in total. The Balaban J connectivity index is 2.97. The lowest BCUT2D eigenvalue weighted by Gasteiger charge is -2.21. The molecule has 25 heavy (non-hydrogen) atoms. The van der Waals surface area contributed by atoms with Crippen LogP contribution in [0.3, 0.4) is 0 Å². The number of halogens is 1. The zero-order chi connectivity index (χ0) is 19.4. The summed E-state index contributed by atoms with van der Waals surface area (Å²) in [6, 6.07) is 2.94. The molecule has 1 aromatic rings. The van der Waals surface area contributed by atoms with E-state index < -0.39 is 25.9 Å². The lowest BCUT2D eigenvalue weighted by atomic mass is 10.0. The first-order valence-electron chi connectivity index (χ1n) is 7.92. The normalized spacial score (nSPS) is 14.1. The summed E-state index contributed by atoms with van der Waals surface area (Å²) in [5.74, 6) is -0.949. The van der Waals surface area contributed by atoms with E-state index in [1.807, 2.05) is 13.8 Å². The molecule has 0 fully saturated rings. The fourth-order valence-corrected chi connectivity index (χ4v) is 3.79. The summed E-state index contributed by atoms with van der Waals surface area (Å²) in [4.78, 5) is -0.245. The van der Waals surface area contributed by atoms with Gasteiger partial charge in [-0.2, -0.15) is 0 Å². The largest absolute Gasteiger partial charge is 0.327 e. The Morgan fingerprint density at radius 1 is 1.24 bits per heavy atom. The van der Waals surface area contributed by atoms with Crippen molar-refractivity contribution >= 4 is 25.7 Å². The first-order valence-corrected chi connectivity index (χ1v) is 11.0. The summed E-state index contributed by atoms with van der Waals surface area (Å²) < 4.78 is 65.3. The Kier molecular flexibility index (Phi) is 7.36. The number of hydrogen-bond acceptors (Lipinski definition) is 5. The second-order valence-corrected chi connectivity index (χ2v) is 10.2. The second kappa shape index (κ2) is 8.43. The summed E-state index contributed by atoms with van der Waals surface area (Å²) in [5, 5.41) is 0. The minimum atomic E-state index is -3.89. The van der Waals surface area contributed by atoms with Crippen LogP contribution >= 0.6 is 0 Å². The van der Waals surface area contributed by atoms with E-state index in [1.165, 1.54) is 20.0 Å². The van der Waals surface area contributed by atoms with E-state index in [-0.39, 0.29) is 34.8 Å². The van der Waals surface area contributed by atoms with Gasteiger partial charge in [0.2, 0.25) is 20.0 Å². The van der Waals surface area contributed by atoms with E-state index in [2.05, 4.69) is 4.72 Å². The van der Waals surface area contributed by atoms with Crippen LogP contribution in [0.25, 0.3) is 0 Å². The zero-order valence-electron chi connectivity index (χ0n) is 14.9. The third-order valence-corrected chi connectivity index (χ3v) is 7.07. The van der Waals surface area contributed by atoms with Gasteiger partial charge in [-0.15, -0.1) is 0 Å². The van der Waals surface area contributed by atoms with Crippen LogP contribution in [0.5, 0.6) is 0 Å². The van der Waals surface area contributed by atoms with Crippen molar-refractivity contribution in [2.24, 2.45) is 11.7 Å². The maximum Gasteiger partial charge on any atom is 0.242 e. The predicted octanol–water partition coefficient (Wildman–Crippen LogP) is 1.58. The Labute approximate surface area is 149 Å². The molecule has 1 unspecified atom stereocenters. The average Bonchev–Trinajstić information content (AvgIpc) is 2.53. The molecule has 0 saturated carbocycles. The van der Waals surface area contributed by atoms with Crippen molar-refractivity contribution in [2.75, 3.05) is 24.1 Å². The van der Waals surface area contributed by atoms with E-state index in [4.69, 9.17) is 5.73 Å². The maximum absolute atomic E-state index is 14.1. The van der Waals surface area contributed by atoms with Crippen LogP contribution in [0.1, 0.15) is 27.2 Å². The number of anilines is 1. The van der Waals surface area contributed by atoms with Crippen LogP contribution in [-0.4, -0.2) is 46.5 Å². The predicted molar refractivity (Wildman–Crippen MR) is 96.7 cm³/mol. The summed E-state index contributed by atoms with van der Waals surface area (Å²) in [6.07, 6.45) is 0.476. The molecule has 7 nitrogen and oxygen atoms in total. The minimum absolute atomic E-state index is 0.139. The zero-order valence-corrected chi connectivity index (χ0v) is 16.5. The van der Waals surface area contributed by atoms with Gasteiger partial charge in [0.15, 0.2) is 0 Å². The highest BCUT2D eigenvalue weighted by atomic mass is 32.2. The maximum atomic E-state index is 14.1. The molecule has 10 heteroatoms. The summed E-state index contributed by atoms with van der Waals surface area (Å²) in [7, 11) is -6.14. The molecule has 1 rings (SSSR count). The molecule has 0 bridgehead atoms. The summed E-state index contributed by atoms with van der Waals surface area (Å²) >= 11 is 0. The minimum Gasteiger partial charge on any atom is -0.327 e. The number of nitrogens with two attached hydrogens (primary N) is 1. The van der Waals surface area contributed by atoms with Crippen molar-refractivity contribution in [1.82, 2.24) is 4.31 Å². The topological polar surface area (TPSA) is 110 Å². The molecule has 144 valence electrons. The van der Waals surface area contributed by atoms with E-state index in [1.54, 1.807) is 0 Å². The number of rotatable bonds is 9. The Morgan fingerprint density at radius 3 is 2.32 bits per heavy atom. The van der Waals surface area contributed by atoms with Crippen LogP contribution in [0.2, 0.25) is 0 Å². The summed E-state index contributed by atoms with van der Waals surface area (Å²) in [6.45, 7) is 5.51. The number of nitrogens with zero attached hydrogens (tertiary/aromatic N) is 1. The van der Waals surface area contributed by atoms with Gasteiger partial charge in [-0.05, 0) is 37.5 Å². The highest BCUT2D eigenvalue weighted by Crippen LogP contribution is 2.22. The highest BCUT2D eigenvalue weighted by Gasteiger charge is 2.23. The molecule has 0 aliphatic carbocycles. The average molecular weight is 396 g/mol. The summed E-state index contributed by atoms with van der Waals surface area (Å²) in [5.41, 5.74) is 5.63. The van der Waals surface area contributed by atoms with Crippen LogP contribution in [0, 0.1) is 11.7 Å². The van der Waals surface area contributed by atoms with Crippen molar-refractivity contribution in [1.29, 1.82) is 0 Å². The van der Waals surface area contributed by atoms with Gasteiger partial charge in [-0.3, -0.25) is 4.72 Å². The molecular weight excluding hydrogens is 369 g/mol. The van der Waals surface area contributed by atoms with Gasteiger partial charge in [0.1, 0.15) is 5.82 Å². The molecule has 0 aliphatic heterocycles. The van der Waals surface area contributed by atoms with Crippen LogP contribution in [-0.2, 0) is 20.0 Å². The standard InChI is InChI=1S/C15H26FN3O4S2/c1-5-24(20,21)18-15-7-6-12(10-13(15)16)25(22,23)19(4)9-8-14(17)11(2)3/h6-7,10-11,14,18H,5,8-9,17H2,1-4H3. The first-order chi connectivity index (χ1) is 11.4. The molecule has 1 aromatic carbocycles. The van der Waals surface area contributed by atoms with E-state index >= 15 is 0 Å². The lowest BCUT2D eigenvalue weighted by molar-refractivity contribution is 0.397. The Morgan fingerprint density at radius 2 is 1.84 bits per heavy atom. The van der Waals surface area contributed by atoms with Crippen molar-refractivity contribution in [3.8, 4) is 0 Å². The fourth-order valence-electron chi connectivity index (χ4n) is 1.94. The van der Waals surface area contributed by atoms with Crippen molar-refractivity contribution in [3.05, 3.63) is 24.0 Å². The van der Waals surface area contributed by atoms with Gasteiger partial charge in [0.05, 0.1) is 16.3 Å². The monoisotopic (exact) mass is 395 g/mol.